The summed E-state index contributed by atoms with van der Waals surface area (Å²) in [6.45, 7) is 4.91. The Balaban J connectivity index is 1.41. The van der Waals surface area contributed by atoms with Crippen molar-refractivity contribution in [3.63, 3.8) is 0 Å². The highest BCUT2D eigenvalue weighted by Gasteiger charge is 2.35. The van der Waals surface area contributed by atoms with Crippen molar-refractivity contribution >= 4 is 23.4 Å². The fourth-order valence-electron chi connectivity index (χ4n) is 5.04. The van der Waals surface area contributed by atoms with Crippen molar-refractivity contribution in [2.24, 2.45) is 7.05 Å². The van der Waals surface area contributed by atoms with Crippen LogP contribution in [0.5, 0.6) is 0 Å². The second-order valence-corrected chi connectivity index (χ2v) is 10.0. The topological polar surface area (TPSA) is 89.2 Å². The lowest BCUT2D eigenvalue weighted by molar-refractivity contribution is 0.159. The lowest BCUT2D eigenvalue weighted by Gasteiger charge is -2.21. The SMILES string of the molecule is COCCN1CC(NC(=O)Nc2c(C)c(-c3cnn(C)c3)nn2-c2ccccc2)C(c2cccc(Cl)c2)C1. The van der Waals surface area contributed by atoms with Gasteiger partial charge in [-0.3, -0.25) is 14.9 Å². The number of aryl methyl sites for hydroxylation is 1. The average molecular weight is 534 g/mol. The Labute approximate surface area is 227 Å². The Morgan fingerprint density at radius 3 is 2.68 bits per heavy atom. The number of rotatable bonds is 8. The van der Waals surface area contributed by atoms with E-state index >= 15 is 0 Å². The highest BCUT2D eigenvalue weighted by atomic mass is 35.5. The number of carbonyl (C=O) groups is 1. The minimum Gasteiger partial charge on any atom is -0.383 e. The number of likely N-dealkylation sites (tertiary alicyclic amines) is 1. The lowest BCUT2D eigenvalue weighted by Crippen LogP contribution is -2.42. The molecule has 2 N–H and O–H groups in total. The van der Waals surface area contributed by atoms with Gasteiger partial charge in [0, 0.05) is 62.1 Å². The minimum atomic E-state index is -0.284. The number of amides is 2. The van der Waals surface area contributed by atoms with Gasteiger partial charge < -0.3 is 10.1 Å². The van der Waals surface area contributed by atoms with Gasteiger partial charge in [-0.25, -0.2) is 9.48 Å². The first-order valence-corrected chi connectivity index (χ1v) is 13.0. The predicted molar refractivity (Wildman–Crippen MR) is 149 cm³/mol. The zero-order valence-corrected chi connectivity index (χ0v) is 22.5. The van der Waals surface area contributed by atoms with Crippen molar-refractivity contribution in [1.29, 1.82) is 0 Å². The molecule has 2 aromatic heterocycles. The molecule has 1 fully saturated rings. The number of carbonyl (C=O) groups excluding carboxylic acids is 1. The predicted octanol–water partition coefficient (Wildman–Crippen LogP) is 4.47. The van der Waals surface area contributed by atoms with Crippen molar-refractivity contribution in [3.05, 3.63) is 83.1 Å². The zero-order chi connectivity index (χ0) is 26.6. The molecule has 2 amide bonds. The van der Waals surface area contributed by atoms with Crippen LogP contribution in [0.15, 0.2) is 67.0 Å². The first kappa shape index (κ1) is 26.0. The molecule has 3 heterocycles. The molecule has 1 aliphatic rings. The molecular weight excluding hydrogens is 502 g/mol. The summed E-state index contributed by atoms with van der Waals surface area (Å²) in [4.78, 5) is 15.8. The number of anilines is 1. The average Bonchev–Trinajstić information content (AvgIpc) is 3.61. The van der Waals surface area contributed by atoms with E-state index in [0.717, 1.165) is 41.2 Å². The number of methoxy groups -OCH3 is 1. The third-order valence-corrected chi connectivity index (χ3v) is 7.17. The van der Waals surface area contributed by atoms with Crippen LogP contribution in [0.4, 0.5) is 10.6 Å². The van der Waals surface area contributed by atoms with Gasteiger partial charge in [0.05, 0.1) is 24.5 Å². The van der Waals surface area contributed by atoms with Gasteiger partial charge in [0.1, 0.15) is 11.5 Å². The van der Waals surface area contributed by atoms with Crippen molar-refractivity contribution in [1.82, 2.24) is 29.8 Å². The molecule has 2 atom stereocenters. The van der Waals surface area contributed by atoms with E-state index in [1.165, 1.54) is 0 Å². The van der Waals surface area contributed by atoms with Crippen LogP contribution >= 0.6 is 11.6 Å². The smallest absolute Gasteiger partial charge is 0.320 e. The number of hydrogen-bond donors (Lipinski definition) is 2. The van der Waals surface area contributed by atoms with E-state index in [4.69, 9.17) is 21.4 Å². The molecule has 1 aliphatic heterocycles. The summed E-state index contributed by atoms with van der Waals surface area (Å²) in [5.74, 6) is 0.712. The van der Waals surface area contributed by atoms with Crippen LogP contribution in [0, 0.1) is 6.92 Å². The van der Waals surface area contributed by atoms with Crippen molar-refractivity contribution in [2.45, 2.75) is 18.9 Å². The Kier molecular flexibility index (Phi) is 7.78. The third kappa shape index (κ3) is 5.60. The van der Waals surface area contributed by atoms with Crippen LogP contribution in [-0.4, -0.2) is 69.9 Å². The Morgan fingerprint density at radius 2 is 1.97 bits per heavy atom. The van der Waals surface area contributed by atoms with Crippen LogP contribution in [0.2, 0.25) is 5.02 Å². The fourth-order valence-corrected chi connectivity index (χ4v) is 5.24. The van der Waals surface area contributed by atoms with E-state index in [1.807, 2.05) is 68.7 Å². The monoisotopic (exact) mass is 533 g/mol. The highest BCUT2D eigenvalue weighted by molar-refractivity contribution is 6.30. The highest BCUT2D eigenvalue weighted by Crippen LogP contribution is 2.32. The molecule has 5 rings (SSSR count). The number of benzene rings is 2. The maximum absolute atomic E-state index is 13.5. The number of nitrogens with zero attached hydrogens (tertiary/aromatic N) is 5. The largest absolute Gasteiger partial charge is 0.383 e. The molecule has 0 spiro atoms. The van der Waals surface area contributed by atoms with E-state index in [0.29, 0.717) is 24.0 Å². The van der Waals surface area contributed by atoms with Crippen LogP contribution in [0.3, 0.4) is 0 Å². The summed E-state index contributed by atoms with van der Waals surface area (Å²) in [5.41, 5.74) is 4.46. The van der Waals surface area contributed by atoms with Gasteiger partial charge in [0.2, 0.25) is 0 Å². The number of ether oxygens (including phenoxy) is 1. The molecule has 0 bridgehead atoms. The van der Waals surface area contributed by atoms with Gasteiger partial charge in [-0.15, -0.1) is 0 Å². The maximum Gasteiger partial charge on any atom is 0.320 e. The van der Waals surface area contributed by atoms with Gasteiger partial charge in [0.15, 0.2) is 0 Å². The molecule has 0 radical (unpaired) electrons. The fraction of sp³-hybridized carbons (Fsp3) is 0.321. The van der Waals surface area contributed by atoms with E-state index in [2.05, 4.69) is 26.7 Å². The quantitative estimate of drug-likeness (QED) is 0.349. The van der Waals surface area contributed by atoms with Crippen molar-refractivity contribution in [2.75, 3.05) is 38.7 Å². The number of aromatic nitrogens is 4. The molecule has 0 saturated carbocycles. The summed E-state index contributed by atoms with van der Waals surface area (Å²) in [6.07, 6.45) is 3.69. The number of urea groups is 1. The molecule has 10 heteroatoms. The normalized spacial score (nSPS) is 17.6. The third-order valence-electron chi connectivity index (χ3n) is 6.93. The van der Waals surface area contributed by atoms with E-state index in [1.54, 1.807) is 22.7 Å². The standard InChI is InChI=1S/C28H32ClN7O2/c1-19-26(21-15-30-34(2)16-21)33-36(23-10-5-4-6-11-23)27(19)32-28(37)31-25-18-35(12-13-38-3)17-24(25)20-8-7-9-22(29)14-20/h4-11,14-16,24-25H,12-13,17-18H2,1-3H3,(H2,31,32,37). The summed E-state index contributed by atoms with van der Waals surface area (Å²) in [5, 5.41) is 16.2. The van der Waals surface area contributed by atoms with Gasteiger partial charge in [-0.1, -0.05) is 41.9 Å². The number of hydrogen-bond acceptors (Lipinski definition) is 5. The second-order valence-electron chi connectivity index (χ2n) is 9.59. The van der Waals surface area contributed by atoms with E-state index in [-0.39, 0.29) is 18.0 Å². The van der Waals surface area contributed by atoms with Crippen LogP contribution in [0.1, 0.15) is 17.0 Å². The minimum absolute atomic E-state index is 0.0994. The van der Waals surface area contributed by atoms with Crippen molar-refractivity contribution in [3.8, 4) is 16.9 Å². The van der Waals surface area contributed by atoms with E-state index < -0.39 is 0 Å². The van der Waals surface area contributed by atoms with Crippen LogP contribution in [-0.2, 0) is 11.8 Å². The van der Waals surface area contributed by atoms with Crippen LogP contribution in [0.25, 0.3) is 16.9 Å². The number of nitrogens with one attached hydrogen (secondary N) is 2. The lowest BCUT2D eigenvalue weighted by atomic mass is 9.94. The second kappa shape index (κ2) is 11.4. The molecule has 0 aliphatic carbocycles. The first-order valence-electron chi connectivity index (χ1n) is 12.6. The molecule has 198 valence electrons. The van der Waals surface area contributed by atoms with Gasteiger partial charge in [-0.2, -0.15) is 10.2 Å². The zero-order valence-electron chi connectivity index (χ0n) is 21.8. The Hall–Kier alpha value is -3.66. The first-order chi connectivity index (χ1) is 18.4. The van der Waals surface area contributed by atoms with Crippen LogP contribution < -0.4 is 10.6 Å². The summed E-state index contributed by atoms with van der Waals surface area (Å²) < 4.78 is 8.80. The van der Waals surface area contributed by atoms with Crippen molar-refractivity contribution < 1.29 is 9.53 Å². The van der Waals surface area contributed by atoms with Gasteiger partial charge in [0.25, 0.3) is 0 Å². The molecule has 38 heavy (non-hydrogen) atoms. The van der Waals surface area contributed by atoms with E-state index in [9.17, 15) is 4.79 Å². The molecule has 1 saturated heterocycles. The number of halogens is 1. The number of para-hydroxylation sites is 1. The maximum atomic E-state index is 13.5. The summed E-state index contributed by atoms with van der Waals surface area (Å²) >= 11 is 6.30. The summed E-state index contributed by atoms with van der Waals surface area (Å²) in [7, 11) is 3.57. The molecule has 2 aromatic carbocycles. The molecule has 4 aromatic rings. The molecular formula is C28H32ClN7O2. The molecule has 2 unspecified atom stereocenters. The Morgan fingerprint density at radius 1 is 1.16 bits per heavy atom. The van der Waals surface area contributed by atoms with Gasteiger partial charge in [-0.05, 0) is 36.8 Å². The van der Waals surface area contributed by atoms with Gasteiger partial charge >= 0.3 is 6.03 Å². The molecule has 9 nitrogen and oxygen atoms in total. The summed E-state index contributed by atoms with van der Waals surface area (Å²) in [6, 6.07) is 17.2. The Bertz CT molecular complexity index is 1400.